The standard InChI is InChI=1S/C17H21N3O3S/c1-10(2)18-14(21)8-20-12(4)16(11(3)7-15(20)22)17(23)19-13-5-6-24-9-13/h5-7,9-10H,8H2,1-4H3,(H,18,21)(H,19,23). The van der Waals surface area contributed by atoms with Crippen molar-refractivity contribution in [1.82, 2.24) is 9.88 Å². The Morgan fingerprint density at radius 2 is 2.00 bits per heavy atom. The van der Waals surface area contributed by atoms with Crippen LogP contribution in [0.3, 0.4) is 0 Å². The van der Waals surface area contributed by atoms with E-state index in [2.05, 4.69) is 10.6 Å². The van der Waals surface area contributed by atoms with Crippen molar-refractivity contribution in [3.63, 3.8) is 0 Å². The SMILES string of the molecule is Cc1cc(=O)n(CC(=O)NC(C)C)c(C)c1C(=O)Nc1ccsc1. The highest BCUT2D eigenvalue weighted by molar-refractivity contribution is 7.08. The van der Waals surface area contributed by atoms with Crippen LogP contribution in [0.4, 0.5) is 5.69 Å². The number of rotatable bonds is 5. The van der Waals surface area contributed by atoms with E-state index >= 15 is 0 Å². The van der Waals surface area contributed by atoms with Gasteiger partial charge in [-0.2, -0.15) is 11.3 Å². The average molecular weight is 347 g/mol. The van der Waals surface area contributed by atoms with Crippen LogP contribution in [0.5, 0.6) is 0 Å². The summed E-state index contributed by atoms with van der Waals surface area (Å²) in [6.07, 6.45) is 0. The Bertz CT molecular complexity index is 807. The van der Waals surface area contributed by atoms with Gasteiger partial charge in [0, 0.05) is 23.2 Å². The molecule has 7 heteroatoms. The molecule has 0 spiro atoms. The van der Waals surface area contributed by atoms with Gasteiger partial charge in [-0.25, -0.2) is 0 Å². The molecule has 2 N–H and O–H groups in total. The quantitative estimate of drug-likeness (QED) is 0.871. The molecule has 0 aliphatic heterocycles. The zero-order valence-corrected chi connectivity index (χ0v) is 15.0. The minimum Gasteiger partial charge on any atom is -0.352 e. The highest BCUT2D eigenvalue weighted by Crippen LogP contribution is 2.17. The number of nitrogens with zero attached hydrogens (tertiary/aromatic N) is 1. The first-order chi connectivity index (χ1) is 11.3. The van der Waals surface area contributed by atoms with Crippen LogP contribution >= 0.6 is 11.3 Å². The van der Waals surface area contributed by atoms with E-state index in [1.807, 2.05) is 24.6 Å². The number of amides is 2. The van der Waals surface area contributed by atoms with Crippen LogP contribution in [0.15, 0.2) is 27.7 Å². The second kappa shape index (κ2) is 7.44. The van der Waals surface area contributed by atoms with E-state index in [1.165, 1.54) is 22.0 Å². The van der Waals surface area contributed by atoms with Gasteiger partial charge in [-0.05, 0) is 44.7 Å². The summed E-state index contributed by atoms with van der Waals surface area (Å²) in [5.41, 5.74) is 1.89. The highest BCUT2D eigenvalue weighted by atomic mass is 32.1. The number of hydrogen-bond donors (Lipinski definition) is 2. The molecule has 2 aromatic heterocycles. The van der Waals surface area contributed by atoms with E-state index in [4.69, 9.17) is 0 Å². The molecule has 0 radical (unpaired) electrons. The van der Waals surface area contributed by atoms with Crippen LogP contribution in [0.2, 0.25) is 0 Å². The molecule has 2 rings (SSSR count). The van der Waals surface area contributed by atoms with Gasteiger partial charge in [-0.15, -0.1) is 0 Å². The summed E-state index contributed by atoms with van der Waals surface area (Å²) in [6, 6.07) is 3.18. The number of thiophene rings is 1. The monoisotopic (exact) mass is 347 g/mol. The van der Waals surface area contributed by atoms with Gasteiger partial charge in [0.15, 0.2) is 0 Å². The first-order valence-electron chi connectivity index (χ1n) is 7.63. The number of anilines is 1. The van der Waals surface area contributed by atoms with Crippen molar-refractivity contribution in [1.29, 1.82) is 0 Å². The molecule has 0 aliphatic carbocycles. The van der Waals surface area contributed by atoms with Crippen LogP contribution in [-0.2, 0) is 11.3 Å². The van der Waals surface area contributed by atoms with Crippen molar-refractivity contribution in [2.75, 3.05) is 5.32 Å². The van der Waals surface area contributed by atoms with Gasteiger partial charge in [0.2, 0.25) is 5.91 Å². The molecule has 6 nitrogen and oxygen atoms in total. The fourth-order valence-corrected chi connectivity index (χ4v) is 3.09. The topological polar surface area (TPSA) is 80.2 Å². The zero-order valence-electron chi connectivity index (χ0n) is 14.2. The summed E-state index contributed by atoms with van der Waals surface area (Å²) < 4.78 is 1.33. The van der Waals surface area contributed by atoms with E-state index in [9.17, 15) is 14.4 Å². The van der Waals surface area contributed by atoms with Gasteiger partial charge < -0.3 is 15.2 Å². The van der Waals surface area contributed by atoms with Crippen molar-refractivity contribution >= 4 is 28.8 Å². The van der Waals surface area contributed by atoms with Crippen molar-refractivity contribution in [3.8, 4) is 0 Å². The van der Waals surface area contributed by atoms with Gasteiger partial charge in [-0.3, -0.25) is 14.4 Å². The molecule has 0 bridgehead atoms. The largest absolute Gasteiger partial charge is 0.352 e. The predicted octanol–water partition coefficient (Wildman–Crippen LogP) is 2.30. The molecule has 0 fully saturated rings. The second-order valence-electron chi connectivity index (χ2n) is 5.90. The molecule has 0 saturated heterocycles. The van der Waals surface area contributed by atoms with Crippen LogP contribution in [0.25, 0.3) is 0 Å². The van der Waals surface area contributed by atoms with Crippen molar-refractivity contribution in [2.24, 2.45) is 0 Å². The van der Waals surface area contributed by atoms with E-state index in [0.29, 0.717) is 22.5 Å². The molecular formula is C17H21N3O3S. The van der Waals surface area contributed by atoms with E-state index < -0.39 is 0 Å². The van der Waals surface area contributed by atoms with Crippen LogP contribution in [0, 0.1) is 13.8 Å². The smallest absolute Gasteiger partial charge is 0.257 e. The van der Waals surface area contributed by atoms with E-state index in [-0.39, 0.29) is 30.0 Å². The average Bonchev–Trinajstić information content (AvgIpc) is 2.95. The van der Waals surface area contributed by atoms with E-state index in [1.54, 1.807) is 19.9 Å². The summed E-state index contributed by atoms with van der Waals surface area (Å²) >= 11 is 1.48. The predicted molar refractivity (Wildman–Crippen MR) is 95.7 cm³/mol. The lowest BCUT2D eigenvalue weighted by molar-refractivity contribution is -0.122. The maximum absolute atomic E-state index is 12.6. The Morgan fingerprint density at radius 3 is 2.58 bits per heavy atom. The number of aromatic nitrogens is 1. The third kappa shape index (κ3) is 4.11. The number of aryl methyl sites for hydroxylation is 1. The third-order valence-corrected chi connectivity index (χ3v) is 4.21. The number of pyridine rings is 1. The molecule has 0 aliphatic rings. The minimum absolute atomic E-state index is 0.0136. The third-order valence-electron chi connectivity index (χ3n) is 3.52. The van der Waals surface area contributed by atoms with Gasteiger partial charge in [0.25, 0.3) is 11.5 Å². The first-order valence-corrected chi connectivity index (χ1v) is 8.57. The van der Waals surface area contributed by atoms with Crippen LogP contribution in [-0.4, -0.2) is 22.4 Å². The van der Waals surface area contributed by atoms with Crippen molar-refractivity contribution in [2.45, 2.75) is 40.3 Å². The lowest BCUT2D eigenvalue weighted by Crippen LogP contribution is -2.37. The molecule has 128 valence electrons. The molecule has 2 heterocycles. The van der Waals surface area contributed by atoms with Crippen LogP contribution in [0.1, 0.15) is 35.5 Å². The Balaban J connectivity index is 2.35. The minimum atomic E-state index is -0.295. The summed E-state index contributed by atoms with van der Waals surface area (Å²) in [7, 11) is 0. The molecule has 24 heavy (non-hydrogen) atoms. The van der Waals surface area contributed by atoms with Gasteiger partial charge in [-0.1, -0.05) is 0 Å². The van der Waals surface area contributed by atoms with Gasteiger partial charge in [0.05, 0.1) is 11.3 Å². The number of hydrogen-bond acceptors (Lipinski definition) is 4. The summed E-state index contributed by atoms with van der Waals surface area (Å²) in [5.74, 6) is -0.551. The Morgan fingerprint density at radius 1 is 1.29 bits per heavy atom. The maximum Gasteiger partial charge on any atom is 0.257 e. The van der Waals surface area contributed by atoms with Gasteiger partial charge in [0.1, 0.15) is 6.54 Å². The molecule has 0 atom stereocenters. The lowest BCUT2D eigenvalue weighted by Gasteiger charge is -2.16. The second-order valence-corrected chi connectivity index (χ2v) is 6.68. The fourth-order valence-electron chi connectivity index (χ4n) is 2.50. The van der Waals surface area contributed by atoms with Crippen molar-refractivity contribution in [3.05, 3.63) is 50.1 Å². The Labute approximate surface area is 144 Å². The highest BCUT2D eigenvalue weighted by Gasteiger charge is 2.18. The van der Waals surface area contributed by atoms with Crippen molar-refractivity contribution < 1.29 is 9.59 Å². The fraction of sp³-hybridized carbons (Fsp3) is 0.353. The summed E-state index contributed by atoms with van der Waals surface area (Å²) in [5, 5.41) is 9.25. The van der Waals surface area contributed by atoms with Gasteiger partial charge >= 0.3 is 0 Å². The van der Waals surface area contributed by atoms with Crippen LogP contribution < -0.4 is 16.2 Å². The molecule has 0 saturated carbocycles. The normalized spacial score (nSPS) is 10.7. The lowest BCUT2D eigenvalue weighted by atomic mass is 10.1. The number of carbonyl (C=O) groups is 2. The number of nitrogens with one attached hydrogen (secondary N) is 2. The zero-order chi connectivity index (χ0) is 17.9. The molecule has 2 aromatic rings. The first kappa shape index (κ1) is 17.9. The molecular weight excluding hydrogens is 326 g/mol. The molecule has 2 amide bonds. The molecule has 0 unspecified atom stereocenters. The summed E-state index contributed by atoms with van der Waals surface area (Å²) in [6.45, 7) is 6.99. The maximum atomic E-state index is 12.6. The van der Waals surface area contributed by atoms with E-state index in [0.717, 1.165) is 0 Å². The summed E-state index contributed by atoms with van der Waals surface area (Å²) in [4.78, 5) is 36.8. The Hall–Kier alpha value is -2.41. The number of carbonyl (C=O) groups excluding carboxylic acids is 2. The Kier molecular flexibility index (Phi) is 5.56. The molecule has 0 aromatic carbocycles.